The fraction of sp³-hybridized carbons (Fsp3) is 0.308. The zero-order valence-corrected chi connectivity index (χ0v) is 9.68. The largest absolute Gasteiger partial charge is 0.507 e. The van der Waals surface area contributed by atoms with Gasteiger partial charge in [0.2, 0.25) is 0 Å². The number of para-hydroxylation sites is 1. The minimum absolute atomic E-state index is 0.0247. The summed E-state index contributed by atoms with van der Waals surface area (Å²) in [5.41, 5.74) is 0.339. The fourth-order valence-electron chi connectivity index (χ4n) is 1.38. The van der Waals surface area contributed by atoms with Crippen molar-refractivity contribution in [3.05, 3.63) is 42.1 Å². The van der Waals surface area contributed by atoms with Crippen LogP contribution in [0, 0.1) is 0 Å². The number of carbonyl (C=O) groups excluding carboxylic acids is 1. The summed E-state index contributed by atoms with van der Waals surface area (Å²) < 4.78 is 0. The smallest absolute Gasteiger partial charge is 0.190 e. The molecule has 0 spiro atoms. The van der Waals surface area contributed by atoms with Crippen LogP contribution in [-0.4, -0.2) is 28.9 Å². The predicted molar refractivity (Wildman–Crippen MR) is 64.5 cm³/mol. The lowest BCUT2D eigenvalue weighted by atomic mass is 10.1. The van der Waals surface area contributed by atoms with Crippen molar-refractivity contribution in [2.75, 3.05) is 13.1 Å². The summed E-state index contributed by atoms with van der Waals surface area (Å²) in [6, 6.07) is 6.56. The van der Waals surface area contributed by atoms with Crippen molar-refractivity contribution < 1.29 is 9.90 Å². The zero-order chi connectivity index (χ0) is 12.0. The number of phenolic OH excluding ortho intramolecular Hbond substituents is 1. The van der Waals surface area contributed by atoms with Gasteiger partial charge in [0.1, 0.15) is 5.75 Å². The van der Waals surface area contributed by atoms with E-state index in [1.165, 1.54) is 12.1 Å². The summed E-state index contributed by atoms with van der Waals surface area (Å²) in [6.07, 6.45) is 3.25. The second kappa shape index (κ2) is 5.95. The van der Waals surface area contributed by atoms with Crippen LogP contribution < -0.4 is 0 Å². The highest BCUT2D eigenvalue weighted by atomic mass is 16.3. The summed E-state index contributed by atoms with van der Waals surface area (Å²) in [7, 11) is 0. The van der Waals surface area contributed by atoms with Gasteiger partial charge in [-0.3, -0.25) is 4.79 Å². The summed E-state index contributed by atoms with van der Waals surface area (Å²) in [5, 5.41) is 9.49. The average molecular weight is 219 g/mol. The molecule has 0 heterocycles. The van der Waals surface area contributed by atoms with Gasteiger partial charge < -0.3 is 10.0 Å². The van der Waals surface area contributed by atoms with Gasteiger partial charge in [-0.05, 0) is 26.0 Å². The highest BCUT2D eigenvalue weighted by Crippen LogP contribution is 2.16. The molecule has 0 bridgehead atoms. The summed E-state index contributed by atoms with van der Waals surface area (Å²) in [5.74, 6) is -0.151. The van der Waals surface area contributed by atoms with E-state index >= 15 is 0 Å². The molecular weight excluding hydrogens is 202 g/mol. The predicted octanol–water partition coefficient (Wildman–Crippen LogP) is 2.43. The Hall–Kier alpha value is -1.77. The van der Waals surface area contributed by atoms with Gasteiger partial charge in [0, 0.05) is 25.4 Å². The van der Waals surface area contributed by atoms with E-state index in [1.807, 2.05) is 18.7 Å². The van der Waals surface area contributed by atoms with Crippen LogP contribution in [0.15, 0.2) is 36.5 Å². The molecule has 0 radical (unpaired) electrons. The van der Waals surface area contributed by atoms with Crippen molar-refractivity contribution in [3.8, 4) is 5.75 Å². The molecule has 0 atom stereocenters. The first-order valence-corrected chi connectivity index (χ1v) is 5.43. The summed E-state index contributed by atoms with van der Waals surface area (Å²) >= 11 is 0. The number of aromatic hydroxyl groups is 1. The normalized spacial score (nSPS) is 10.6. The molecule has 0 amide bonds. The lowest BCUT2D eigenvalue weighted by molar-refractivity contribution is 0.104. The third-order valence-electron chi connectivity index (χ3n) is 2.42. The van der Waals surface area contributed by atoms with E-state index in [0.717, 1.165) is 13.1 Å². The molecule has 3 nitrogen and oxygen atoms in total. The second-order valence-electron chi connectivity index (χ2n) is 3.42. The van der Waals surface area contributed by atoms with Crippen LogP contribution in [0.25, 0.3) is 0 Å². The molecule has 0 aliphatic carbocycles. The highest BCUT2D eigenvalue weighted by Gasteiger charge is 2.06. The Morgan fingerprint density at radius 3 is 2.50 bits per heavy atom. The van der Waals surface area contributed by atoms with Gasteiger partial charge in [-0.2, -0.15) is 0 Å². The molecule has 86 valence electrons. The van der Waals surface area contributed by atoms with Gasteiger partial charge in [0.25, 0.3) is 0 Å². The Bertz CT molecular complexity index is 381. The Labute approximate surface area is 96.0 Å². The monoisotopic (exact) mass is 219 g/mol. The van der Waals surface area contributed by atoms with Crippen LogP contribution in [0.1, 0.15) is 24.2 Å². The molecule has 1 N–H and O–H groups in total. The number of carbonyl (C=O) groups is 1. The van der Waals surface area contributed by atoms with Crippen molar-refractivity contribution in [1.82, 2.24) is 4.90 Å². The van der Waals surface area contributed by atoms with Gasteiger partial charge in [0.15, 0.2) is 5.78 Å². The van der Waals surface area contributed by atoms with E-state index < -0.39 is 0 Å². The second-order valence-corrected chi connectivity index (χ2v) is 3.42. The molecule has 0 unspecified atom stereocenters. The number of nitrogens with zero attached hydrogens (tertiary/aromatic N) is 1. The number of allylic oxidation sites excluding steroid dienone is 1. The minimum Gasteiger partial charge on any atom is -0.507 e. The summed E-state index contributed by atoms with van der Waals surface area (Å²) in [4.78, 5) is 13.7. The molecule has 0 aliphatic heterocycles. The first-order chi connectivity index (χ1) is 7.69. The average Bonchev–Trinajstić information content (AvgIpc) is 2.30. The van der Waals surface area contributed by atoms with Crippen LogP contribution in [0.3, 0.4) is 0 Å². The lowest BCUT2D eigenvalue weighted by Crippen LogP contribution is -2.15. The molecule has 1 aromatic carbocycles. The number of phenols is 1. The number of hydrogen-bond acceptors (Lipinski definition) is 3. The Kier molecular flexibility index (Phi) is 4.58. The Balaban J connectivity index is 2.76. The third-order valence-corrected chi connectivity index (χ3v) is 2.42. The van der Waals surface area contributed by atoms with Crippen LogP contribution in [0.2, 0.25) is 0 Å². The highest BCUT2D eigenvalue weighted by molar-refractivity contribution is 6.06. The maximum atomic E-state index is 11.7. The molecule has 3 heteroatoms. The van der Waals surface area contributed by atoms with Gasteiger partial charge in [-0.25, -0.2) is 0 Å². The van der Waals surface area contributed by atoms with Crippen LogP contribution >= 0.6 is 0 Å². The molecular formula is C13H17NO2. The van der Waals surface area contributed by atoms with Gasteiger partial charge in [0.05, 0.1) is 5.56 Å². The van der Waals surface area contributed by atoms with Crippen molar-refractivity contribution in [3.63, 3.8) is 0 Å². The van der Waals surface area contributed by atoms with E-state index in [9.17, 15) is 9.90 Å². The fourth-order valence-corrected chi connectivity index (χ4v) is 1.38. The molecule has 1 rings (SSSR count). The maximum Gasteiger partial charge on any atom is 0.190 e. The van der Waals surface area contributed by atoms with E-state index in [0.29, 0.717) is 5.56 Å². The molecule has 1 aromatic rings. The van der Waals surface area contributed by atoms with Crippen LogP contribution in [0.4, 0.5) is 0 Å². The van der Waals surface area contributed by atoms with Crippen molar-refractivity contribution in [2.24, 2.45) is 0 Å². The van der Waals surface area contributed by atoms with E-state index in [1.54, 1.807) is 24.4 Å². The summed E-state index contributed by atoms with van der Waals surface area (Å²) in [6.45, 7) is 5.78. The van der Waals surface area contributed by atoms with Crippen molar-refractivity contribution in [1.29, 1.82) is 0 Å². The van der Waals surface area contributed by atoms with E-state index in [2.05, 4.69) is 0 Å². The van der Waals surface area contributed by atoms with E-state index in [-0.39, 0.29) is 11.5 Å². The molecule has 0 saturated carbocycles. The molecule has 0 fully saturated rings. The minimum atomic E-state index is -0.176. The standard InChI is InChI=1S/C13H17NO2/c1-3-14(4-2)10-9-13(16)11-7-5-6-8-12(11)15/h5-10,15H,3-4H2,1-2H3/b10-9-. The lowest BCUT2D eigenvalue weighted by Gasteiger charge is -2.14. The Morgan fingerprint density at radius 1 is 1.31 bits per heavy atom. The van der Waals surface area contributed by atoms with Gasteiger partial charge >= 0.3 is 0 Å². The number of benzene rings is 1. The number of ketones is 1. The first-order valence-electron chi connectivity index (χ1n) is 5.43. The quantitative estimate of drug-likeness (QED) is 0.610. The molecule has 16 heavy (non-hydrogen) atoms. The van der Waals surface area contributed by atoms with Crippen molar-refractivity contribution >= 4 is 5.78 Å². The van der Waals surface area contributed by atoms with Crippen LogP contribution in [-0.2, 0) is 0 Å². The first kappa shape index (κ1) is 12.3. The topological polar surface area (TPSA) is 40.5 Å². The number of hydrogen-bond donors (Lipinski definition) is 1. The molecule has 0 aromatic heterocycles. The molecule has 0 aliphatic rings. The molecule has 0 saturated heterocycles. The Morgan fingerprint density at radius 2 is 1.94 bits per heavy atom. The maximum absolute atomic E-state index is 11.7. The third kappa shape index (κ3) is 3.12. The SMILES string of the molecule is CCN(/C=C\C(=O)c1ccccc1O)CC. The van der Waals surface area contributed by atoms with Gasteiger partial charge in [-0.1, -0.05) is 12.1 Å². The number of rotatable bonds is 5. The zero-order valence-electron chi connectivity index (χ0n) is 9.68. The van der Waals surface area contributed by atoms with E-state index in [4.69, 9.17) is 0 Å². The van der Waals surface area contributed by atoms with Crippen molar-refractivity contribution in [2.45, 2.75) is 13.8 Å². The van der Waals surface area contributed by atoms with Crippen LogP contribution in [0.5, 0.6) is 5.75 Å². The van der Waals surface area contributed by atoms with Gasteiger partial charge in [-0.15, -0.1) is 0 Å².